The number of rotatable bonds is 1. The van der Waals surface area contributed by atoms with Crippen LogP contribution < -0.4 is 5.01 Å². The van der Waals surface area contributed by atoms with Crippen LogP contribution in [0.5, 0.6) is 0 Å². The third kappa shape index (κ3) is 1.35. The molecule has 60 valence electrons. The van der Waals surface area contributed by atoms with Crippen molar-refractivity contribution < 1.29 is 4.74 Å². The third-order valence-electron chi connectivity index (χ3n) is 1.77. The van der Waals surface area contributed by atoms with Crippen LogP contribution in [-0.4, -0.2) is 36.2 Å². The first kappa shape index (κ1) is 6.67. The smallest absolute Gasteiger partial charge is 0.0659 e. The van der Waals surface area contributed by atoms with E-state index in [2.05, 4.69) is 10.1 Å². The molecule has 1 fully saturated rings. The summed E-state index contributed by atoms with van der Waals surface area (Å²) >= 11 is 0. The van der Waals surface area contributed by atoms with Gasteiger partial charge in [0.05, 0.1) is 32.5 Å². The molecule has 0 saturated carbocycles. The molecule has 4 nitrogen and oxygen atoms in total. The predicted octanol–water partition coefficient (Wildman–Crippen LogP) is -0.149. The van der Waals surface area contributed by atoms with Gasteiger partial charge in [0.2, 0.25) is 0 Å². The molecule has 1 saturated heterocycles. The van der Waals surface area contributed by atoms with Crippen molar-refractivity contribution in [1.82, 2.24) is 9.89 Å². The molecule has 1 aromatic heterocycles. The Balaban J connectivity index is 2.04. The monoisotopic (exact) mass is 153 g/mol. The zero-order chi connectivity index (χ0) is 7.52. The van der Waals surface area contributed by atoms with Crippen LogP contribution in [0.25, 0.3) is 0 Å². The second-order valence-corrected chi connectivity index (χ2v) is 2.49. The van der Waals surface area contributed by atoms with Gasteiger partial charge in [0.15, 0.2) is 0 Å². The highest BCUT2D eigenvalue weighted by atomic mass is 16.5. The first-order valence-corrected chi connectivity index (χ1v) is 3.79. The maximum Gasteiger partial charge on any atom is 0.0659 e. The van der Waals surface area contributed by atoms with Crippen LogP contribution in [0.3, 0.4) is 0 Å². The fraction of sp³-hybridized carbons (Fsp3) is 0.571. The minimum absolute atomic E-state index is 0.805. The molecule has 1 aromatic rings. The van der Waals surface area contributed by atoms with E-state index >= 15 is 0 Å². The van der Waals surface area contributed by atoms with Crippen LogP contribution in [0.15, 0.2) is 18.5 Å². The summed E-state index contributed by atoms with van der Waals surface area (Å²) in [5.74, 6) is 0. The molecule has 2 heterocycles. The molecule has 0 N–H and O–H groups in total. The van der Waals surface area contributed by atoms with Crippen molar-refractivity contribution in [3.63, 3.8) is 0 Å². The lowest BCUT2D eigenvalue weighted by molar-refractivity contribution is 0.109. The topological polar surface area (TPSA) is 30.3 Å². The van der Waals surface area contributed by atoms with Gasteiger partial charge in [-0.15, -0.1) is 0 Å². The van der Waals surface area contributed by atoms with E-state index in [1.54, 1.807) is 6.20 Å². The van der Waals surface area contributed by atoms with Crippen molar-refractivity contribution in [2.75, 3.05) is 31.3 Å². The van der Waals surface area contributed by atoms with E-state index in [1.807, 2.05) is 17.1 Å². The average Bonchev–Trinajstić information content (AvgIpc) is 2.58. The lowest BCUT2D eigenvalue weighted by Crippen LogP contribution is -2.44. The van der Waals surface area contributed by atoms with E-state index in [9.17, 15) is 0 Å². The Morgan fingerprint density at radius 2 is 2.09 bits per heavy atom. The van der Waals surface area contributed by atoms with Crippen molar-refractivity contribution in [3.05, 3.63) is 18.5 Å². The zero-order valence-electron chi connectivity index (χ0n) is 6.31. The molecule has 1 aliphatic rings. The van der Waals surface area contributed by atoms with Gasteiger partial charge in [-0.1, -0.05) is 0 Å². The predicted molar refractivity (Wildman–Crippen MR) is 41.0 cm³/mol. The molecule has 11 heavy (non-hydrogen) atoms. The highest BCUT2D eigenvalue weighted by Gasteiger charge is 2.09. The Labute approximate surface area is 65.3 Å². The molecule has 0 aliphatic carbocycles. The summed E-state index contributed by atoms with van der Waals surface area (Å²) < 4.78 is 5.21. The summed E-state index contributed by atoms with van der Waals surface area (Å²) in [5.41, 5.74) is 0. The summed E-state index contributed by atoms with van der Waals surface area (Å²) in [6.45, 7) is 3.48. The molecule has 0 unspecified atom stereocenters. The lowest BCUT2D eigenvalue weighted by Gasteiger charge is -2.27. The van der Waals surface area contributed by atoms with Gasteiger partial charge < -0.3 is 4.74 Å². The van der Waals surface area contributed by atoms with E-state index in [0.29, 0.717) is 0 Å². The van der Waals surface area contributed by atoms with E-state index < -0.39 is 0 Å². The molecular formula is C7H11N3O. The summed E-state index contributed by atoms with van der Waals surface area (Å²) in [5, 5.41) is 6.28. The molecule has 0 aromatic carbocycles. The number of aromatic nitrogens is 2. The molecule has 2 rings (SSSR count). The van der Waals surface area contributed by atoms with Gasteiger partial charge in [0.25, 0.3) is 0 Å². The Morgan fingerprint density at radius 1 is 1.27 bits per heavy atom. The van der Waals surface area contributed by atoms with Crippen LogP contribution in [0.1, 0.15) is 0 Å². The number of nitrogens with zero attached hydrogens (tertiary/aromatic N) is 3. The number of hydrogen-bond acceptors (Lipinski definition) is 3. The normalized spacial score (nSPS) is 18.7. The standard InChI is InChI=1S/C7H11N3O/c1-2-8-10(3-1)9-4-6-11-7-5-9/h1-3H,4-7H2. The highest BCUT2D eigenvalue weighted by molar-refractivity contribution is 4.89. The minimum atomic E-state index is 0.805. The van der Waals surface area contributed by atoms with Gasteiger partial charge in [-0.2, -0.15) is 9.89 Å². The van der Waals surface area contributed by atoms with Gasteiger partial charge in [0, 0.05) is 6.20 Å². The van der Waals surface area contributed by atoms with Crippen LogP contribution in [0.2, 0.25) is 0 Å². The first-order chi connectivity index (χ1) is 5.47. The minimum Gasteiger partial charge on any atom is -0.378 e. The Kier molecular flexibility index (Phi) is 1.77. The average molecular weight is 153 g/mol. The zero-order valence-corrected chi connectivity index (χ0v) is 6.31. The quantitative estimate of drug-likeness (QED) is 0.562. The summed E-state index contributed by atoms with van der Waals surface area (Å²) in [7, 11) is 0. The van der Waals surface area contributed by atoms with Gasteiger partial charge in [-0.05, 0) is 6.07 Å². The first-order valence-electron chi connectivity index (χ1n) is 3.79. The van der Waals surface area contributed by atoms with Crippen molar-refractivity contribution in [2.24, 2.45) is 0 Å². The maximum absolute atomic E-state index is 5.21. The molecule has 0 spiro atoms. The molecule has 0 atom stereocenters. The largest absolute Gasteiger partial charge is 0.378 e. The summed E-state index contributed by atoms with van der Waals surface area (Å²) in [6, 6.07) is 1.93. The van der Waals surface area contributed by atoms with Gasteiger partial charge in [-0.25, -0.2) is 0 Å². The molecule has 4 heteroatoms. The Morgan fingerprint density at radius 3 is 2.73 bits per heavy atom. The van der Waals surface area contributed by atoms with Crippen molar-refractivity contribution in [1.29, 1.82) is 0 Å². The van der Waals surface area contributed by atoms with E-state index in [1.165, 1.54) is 0 Å². The Bertz CT molecular complexity index is 203. The lowest BCUT2D eigenvalue weighted by atomic mass is 10.5. The SMILES string of the molecule is c1cnn(N2CCOCC2)c1. The summed E-state index contributed by atoms with van der Waals surface area (Å²) in [6.07, 6.45) is 3.74. The number of morpholine rings is 1. The van der Waals surface area contributed by atoms with Gasteiger partial charge in [-0.3, -0.25) is 5.01 Å². The van der Waals surface area contributed by atoms with Crippen LogP contribution in [0, 0.1) is 0 Å². The van der Waals surface area contributed by atoms with Crippen LogP contribution in [-0.2, 0) is 4.74 Å². The molecule has 0 amide bonds. The van der Waals surface area contributed by atoms with E-state index in [-0.39, 0.29) is 0 Å². The number of hydrogen-bond donors (Lipinski definition) is 0. The molecule has 0 radical (unpaired) electrons. The van der Waals surface area contributed by atoms with Crippen molar-refractivity contribution in [2.45, 2.75) is 0 Å². The fourth-order valence-corrected chi connectivity index (χ4v) is 1.19. The fourth-order valence-electron chi connectivity index (χ4n) is 1.19. The summed E-state index contributed by atoms with van der Waals surface area (Å²) in [4.78, 5) is 1.86. The maximum atomic E-state index is 5.21. The second-order valence-electron chi connectivity index (χ2n) is 2.49. The molecule has 0 bridgehead atoms. The second kappa shape index (κ2) is 2.92. The third-order valence-corrected chi connectivity index (χ3v) is 1.77. The highest BCUT2D eigenvalue weighted by Crippen LogP contribution is 1.95. The van der Waals surface area contributed by atoms with E-state index in [0.717, 1.165) is 26.3 Å². The molecule has 1 aliphatic heterocycles. The van der Waals surface area contributed by atoms with Crippen LogP contribution >= 0.6 is 0 Å². The Hall–Kier alpha value is -1.03. The van der Waals surface area contributed by atoms with Crippen molar-refractivity contribution in [3.8, 4) is 0 Å². The van der Waals surface area contributed by atoms with Gasteiger partial charge in [0.1, 0.15) is 0 Å². The number of ether oxygens (including phenoxy) is 1. The van der Waals surface area contributed by atoms with Gasteiger partial charge >= 0.3 is 0 Å². The van der Waals surface area contributed by atoms with E-state index in [4.69, 9.17) is 4.74 Å². The van der Waals surface area contributed by atoms with Crippen LogP contribution in [0.4, 0.5) is 0 Å². The van der Waals surface area contributed by atoms with Crippen molar-refractivity contribution >= 4 is 0 Å². The molecular weight excluding hydrogens is 142 g/mol.